The SMILES string of the molecule is COc1cccc(CCC(=O)N(C)C2CCCN(C3Cc4ccccc4C3)C2)c1. The summed E-state index contributed by atoms with van der Waals surface area (Å²) in [6, 6.07) is 17.8. The van der Waals surface area contributed by atoms with Gasteiger partial charge in [0.1, 0.15) is 5.75 Å². The quantitative estimate of drug-likeness (QED) is 0.751. The fraction of sp³-hybridized carbons (Fsp3) is 0.480. The Hall–Kier alpha value is -2.33. The average molecular weight is 393 g/mol. The first-order valence-electron chi connectivity index (χ1n) is 10.8. The van der Waals surface area contributed by atoms with Crippen LogP contribution in [0, 0.1) is 0 Å². The summed E-state index contributed by atoms with van der Waals surface area (Å²) in [5.74, 6) is 1.10. The van der Waals surface area contributed by atoms with Gasteiger partial charge in [0.15, 0.2) is 0 Å². The highest BCUT2D eigenvalue weighted by molar-refractivity contribution is 5.76. The number of likely N-dealkylation sites (N-methyl/N-ethyl adjacent to an activating group) is 1. The van der Waals surface area contributed by atoms with E-state index in [1.165, 1.54) is 17.5 Å². The average Bonchev–Trinajstić information content (AvgIpc) is 3.21. The fourth-order valence-electron chi connectivity index (χ4n) is 4.88. The lowest BCUT2D eigenvalue weighted by Gasteiger charge is -2.40. The second kappa shape index (κ2) is 9.00. The van der Waals surface area contributed by atoms with Gasteiger partial charge in [0.25, 0.3) is 0 Å². The van der Waals surface area contributed by atoms with E-state index in [4.69, 9.17) is 4.74 Å². The molecule has 4 heteroatoms. The van der Waals surface area contributed by atoms with Crippen LogP contribution < -0.4 is 4.74 Å². The smallest absolute Gasteiger partial charge is 0.222 e. The molecule has 4 nitrogen and oxygen atoms in total. The zero-order valence-corrected chi connectivity index (χ0v) is 17.6. The normalized spacial score (nSPS) is 19.7. The van der Waals surface area contributed by atoms with Crippen LogP contribution in [0.3, 0.4) is 0 Å². The molecule has 1 aliphatic carbocycles. The molecule has 0 bridgehead atoms. The molecule has 1 unspecified atom stereocenters. The standard InChI is InChI=1S/C25H32N2O2/c1-26(25(28)13-12-19-7-5-11-24(15-19)29-2)22-10-6-14-27(18-22)23-16-20-8-3-4-9-21(20)17-23/h3-5,7-9,11,15,22-23H,6,10,12-14,16-18H2,1-2H3. The fourth-order valence-corrected chi connectivity index (χ4v) is 4.88. The summed E-state index contributed by atoms with van der Waals surface area (Å²) in [7, 11) is 3.67. The molecule has 2 aromatic carbocycles. The lowest BCUT2D eigenvalue weighted by molar-refractivity contribution is -0.133. The number of amides is 1. The van der Waals surface area contributed by atoms with Crippen LogP contribution >= 0.6 is 0 Å². The molecular formula is C25H32N2O2. The van der Waals surface area contributed by atoms with E-state index in [1.54, 1.807) is 7.11 Å². The molecule has 0 saturated carbocycles. The number of hydrogen-bond donors (Lipinski definition) is 0. The van der Waals surface area contributed by atoms with E-state index in [2.05, 4.69) is 35.2 Å². The van der Waals surface area contributed by atoms with E-state index in [0.717, 1.165) is 50.1 Å². The highest BCUT2D eigenvalue weighted by Crippen LogP contribution is 2.28. The summed E-state index contributed by atoms with van der Waals surface area (Å²) in [4.78, 5) is 17.5. The number of piperidine rings is 1. The maximum Gasteiger partial charge on any atom is 0.222 e. The van der Waals surface area contributed by atoms with E-state index in [-0.39, 0.29) is 5.91 Å². The predicted octanol–water partition coefficient (Wildman–Crippen LogP) is 3.72. The second-order valence-electron chi connectivity index (χ2n) is 8.48. The monoisotopic (exact) mass is 392 g/mol. The van der Waals surface area contributed by atoms with E-state index in [9.17, 15) is 4.79 Å². The third-order valence-corrected chi connectivity index (χ3v) is 6.68. The molecule has 2 aliphatic rings. The summed E-state index contributed by atoms with van der Waals surface area (Å²) < 4.78 is 5.29. The van der Waals surface area contributed by atoms with Gasteiger partial charge in [0, 0.05) is 32.1 Å². The Balaban J connectivity index is 1.31. The lowest BCUT2D eigenvalue weighted by Crippen LogP contribution is -2.51. The molecule has 1 heterocycles. The van der Waals surface area contributed by atoms with Crippen LogP contribution in [0.15, 0.2) is 48.5 Å². The molecule has 2 aromatic rings. The lowest BCUT2D eigenvalue weighted by atomic mass is 10.0. The number of ether oxygens (including phenoxy) is 1. The van der Waals surface area contributed by atoms with Gasteiger partial charge in [-0.2, -0.15) is 0 Å². The van der Waals surface area contributed by atoms with Crippen LogP contribution in [-0.4, -0.2) is 55.0 Å². The number of benzene rings is 2. The number of likely N-dealkylation sites (tertiary alicyclic amines) is 1. The Bertz CT molecular complexity index is 825. The number of rotatable bonds is 6. The Morgan fingerprint density at radius 3 is 2.62 bits per heavy atom. The number of hydrogen-bond acceptors (Lipinski definition) is 3. The summed E-state index contributed by atoms with van der Waals surface area (Å²) in [5.41, 5.74) is 4.16. The molecular weight excluding hydrogens is 360 g/mol. The minimum absolute atomic E-state index is 0.245. The molecule has 1 atom stereocenters. The van der Waals surface area contributed by atoms with E-state index < -0.39 is 0 Å². The molecule has 0 N–H and O–H groups in total. The van der Waals surface area contributed by atoms with E-state index in [0.29, 0.717) is 18.5 Å². The number of carbonyl (C=O) groups is 1. The first-order valence-corrected chi connectivity index (χ1v) is 10.8. The van der Waals surface area contributed by atoms with Gasteiger partial charge in [-0.3, -0.25) is 9.69 Å². The molecule has 1 amide bonds. The number of methoxy groups -OCH3 is 1. The Labute approximate surface area is 174 Å². The topological polar surface area (TPSA) is 32.8 Å². The van der Waals surface area contributed by atoms with Crippen molar-refractivity contribution in [3.63, 3.8) is 0 Å². The molecule has 4 rings (SSSR count). The van der Waals surface area contributed by atoms with Crippen molar-refractivity contribution in [3.8, 4) is 5.75 Å². The Kier molecular flexibility index (Phi) is 6.19. The van der Waals surface area contributed by atoms with Crippen LogP contribution in [0.4, 0.5) is 0 Å². The van der Waals surface area contributed by atoms with Gasteiger partial charge >= 0.3 is 0 Å². The van der Waals surface area contributed by atoms with Crippen molar-refractivity contribution in [1.82, 2.24) is 9.80 Å². The summed E-state index contributed by atoms with van der Waals surface area (Å²) in [5, 5.41) is 0. The third kappa shape index (κ3) is 4.64. The number of aryl methyl sites for hydroxylation is 1. The Morgan fingerprint density at radius 1 is 1.14 bits per heavy atom. The van der Waals surface area contributed by atoms with Crippen LogP contribution in [0.5, 0.6) is 5.75 Å². The van der Waals surface area contributed by atoms with Crippen molar-refractivity contribution in [3.05, 3.63) is 65.2 Å². The van der Waals surface area contributed by atoms with E-state index >= 15 is 0 Å². The van der Waals surface area contributed by atoms with Crippen LogP contribution in [0.25, 0.3) is 0 Å². The van der Waals surface area contributed by atoms with Crippen molar-refractivity contribution >= 4 is 5.91 Å². The summed E-state index contributed by atoms with van der Waals surface area (Å²) in [6.07, 6.45) is 5.89. The third-order valence-electron chi connectivity index (χ3n) is 6.68. The molecule has 0 spiro atoms. The summed E-state index contributed by atoms with van der Waals surface area (Å²) >= 11 is 0. The zero-order chi connectivity index (χ0) is 20.2. The van der Waals surface area contributed by atoms with Gasteiger partial charge < -0.3 is 9.64 Å². The van der Waals surface area contributed by atoms with Crippen LogP contribution in [0.1, 0.15) is 36.0 Å². The van der Waals surface area contributed by atoms with Gasteiger partial charge in [-0.05, 0) is 67.5 Å². The van der Waals surface area contributed by atoms with Gasteiger partial charge in [0.2, 0.25) is 5.91 Å². The molecule has 1 aliphatic heterocycles. The minimum Gasteiger partial charge on any atom is -0.497 e. The van der Waals surface area contributed by atoms with Crippen LogP contribution in [0.2, 0.25) is 0 Å². The van der Waals surface area contributed by atoms with Gasteiger partial charge in [0.05, 0.1) is 7.11 Å². The number of fused-ring (bicyclic) bond motifs is 1. The first kappa shape index (κ1) is 20.0. The van der Waals surface area contributed by atoms with Crippen molar-refractivity contribution in [2.24, 2.45) is 0 Å². The predicted molar refractivity (Wildman–Crippen MR) is 116 cm³/mol. The largest absolute Gasteiger partial charge is 0.497 e. The Morgan fingerprint density at radius 2 is 1.90 bits per heavy atom. The molecule has 0 radical (unpaired) electrons. The van der Waals surface area contributed by atoms with Crippen molar-refractivity contribution in [2.45, 2.75) is 50.6 Å². The molecule has 1 fully saturated rings. The highest BCUT2D eigenvalue weighted by atomic mass is 16.5. The van der Waals surface area contributed by atoms with Crippen molar-refractivity contribution in [2.75, 3.05) is 27.2 Å². The second-order valence-corrected chi connectivity index (χ2v) is 8.48. The van der Waals surface area contributed by atoms with Gasteiger partial charge in [-0.25, -0.2) is 0 Å². The highest BCUT2D eigenvalue weighted by Gasteiger charge is 2.32. The molecule has 1 saturated heterocycles. The molecule has 29 heavy (non-hydrogen) atoms. The first-order chi connectivity index (χ1) is 14.1. The molecule has 0 aromatic heterocycles. The maximum atomic E-state index is 12.9. The van der Waals surface area contributed by atoms with Crippen molar-refractivity contribution < 1.29 is 9.53 Å². The van der Waals surface area contributed by atoms with Crippen molar-refractivity contribution in [1.29, 1.82) is 0 Å². The van der Waals surface area contributed by atoms with E-state index in [1.807, 2.05) is 30.1 Å². The van der Waals surface area contributed by atoms with Crippen LogP contribution in [-0.2, 0) is 24.1 Å². The van der Waals surface area contributed by atoms with Gasteiger partial charge in [-0.1, -0.05) is 36.4 Å². The maximum absolute atomic E-state index is 12.9. The molecule has 154 valence electrons. The summed E-state index contributed by atoms with van der Waals surface area (Å²) in [6.45, 7) is 2.15. The zero-order valence-electron chi connectivity index (χ0n) is 17.6. The number of carbonyl (C=O) groups excluding carboxylic acids is 1. The minimum atomic E-state index is 0.245. The number of nitrogens with zero attached hydrogens (tertiary/aromatic N) is 2. The van der Waals surface area contributed by atoms with Gasteiger partial charge in [-0.15, -0.1) is 0 Å².